The van der Waals surface area contributed by atoms with Gasteiger partial charge in [-0.3, -0.25) is 4.90 Å². The van der Waals surface area contributed by atoms with Crippen LogP contribution >= 0.6 is 12.4 Å². The van der Waals surface area contributed by atoms with E-state index in [0.29, 0.717) is 19.2 Å². The molecule has 158 valence electrons. The number of piperazine rings is 1. The molecule has 0 unspecified atom stereocenters. The molecule has 0 atom stereocenters. The summed E-state index contributed by atoms with van der Waals surface area (Å²) in [7, 11) is 0. The summed E-state index contributed by atoms with van der Waals surface area (Å²) >= 11 is 0. The van der Waals surface area contributed by atoms with E-state index < -0.39 is 11.6 Å². The summed E-state index contributed by atoms with van der Waals surface area (Å²) < 4.78 is 38.1. The number of benzene rings is 1. The number of hydrogen-bond acceptors (Lipinski definition) is 6. The summed E-state index contributed by atoms with van der Waals surface area (Å²) in [6.07, 6.45) is 4.03. The molecule has 2 aliphatic heterocycles. The van der Waals surface area contributed by atoms with Gasteiger partial charge in [-0.25, -0.2) is 18.7 Å². The van der Waals surface area contributed by atoms with E-state index >= 15 is 0 Å². The van der Waals surface area contributed by atoms with Crippen LogP contribution in [-0.2, 0) is 15.3 Å². The van der Waals surface area contributed by atoms with Crippen LogP contribution in [0.4, 0.5) is 14.7 Å². The average Bonchev–Trinajstić information content (AvgIpc) is 3.20. The molecule has 29 heavy (non-hydrogen) atoms. The van der Waals surface area contributed by atoms with Gasteiger partial charge in [-0.15, -0.1) is 12.4 Å². The van der Waals surface area contributed by atoms with E-state index in [0.717, 1.165) is 51.1 Å². The highest BCUT2D eigenvalue weighted by molar-refractivity contribution is 5.85. The molecule has 3 heterocycles. The Labute approximate surface area is 175 Å². The third-order valence-electron chi connectivity index (χ3n) is 5.28. The monoisotopic (exact) mass is 426 g/mol. The Morgan fingerprint density at radius 2 is 1.52 bits per heavy atom. The highest BCUT2D eigenvalue weighted by Crippen LogP contribution is 2.36. The van der Waals surface area contributed by atoms with Crippen LogP contribution in [0.5, 0.6) is 0 Å². The van der Waals surface area contributed by atoms with Gasteiger partial charge in [-0.05, 0) is 25.1 Å². The van der Waals surface area contributed by atoms with Crippen LogP contribution in [0, 0.1) is 11.6 Å². The molecule has 4 rings (SSSR count). The van der Waals surface area contributed by atoms with Crippen molar-refractivity contribution in [2.75, 3.05) is 50.8 Å². The van der Waals surface area contributed by atoms with Crippen LogP contribution in [0.1, 0.15) is 18.4 Å². The second-order valence-electron chi connectivity index (χ2n) is 7.09. The molecule has 6 nitrogen and oxygen atoms in total. The van der Waals surface area contributed by atoms with Gasteiger partial charge in [0, 0.05) is 38.2 Å². The van der Waals surface area contributed by atoms with Gasteiger partial charge < -0.3 is 14.4 Å². The number of hydrogen-bond donors (Lipinski definition) is 0. The standard InChI is InChI=1S/C20H24F2N4O2.ClH/c21-17-4-2-16(3-5-17)20(27-12-13-28-20)6-1-7-25-8-10-26(11-9-25)19-23-14-18(22)15-24-19;/h2-5,14-15H,1,6-13H2;1H. The predicted octanol–water partition coefficient (Wildman–Crippen LogP) is 2.98. The van der Waals surface area contributed by atoms with Crippen LogP contribution in [0.3, 0.4) is 0 Å². The van der Waals surface area contributed by atoms with E-state index in [2.05, 4.69) is 19.8 Å². The fourth-order valence-corrected chi connectivity index (χ4v) is 3.79. The van der Waals surface area contributed by atoms with E-state index in [1.165, 1.54) is 24.5 Å². The number of rotatable bonds is 6. The summed E-state index contributed by atoms with van der Waals surface area (Å²) in [5, 5.41) is 0. The van der Waals surface area contributed by atoms with E-state index in [1.807, 2.05) is 0 Å². The fourth-order valence-electron chi connectivity index (χ4n) is 3.79. The molecule has 0 N–H and O–H groups in total. The second-order valence-corrected chi connectivity index (χ2v) is 7.09. The Hall–Kier alpha value is -1.87. The van der Waals surface area contributed by atoms with Gasteiger partial charge in [0.1, 0.15) is 5.82 Å². The summed E-state index contributed by atoms with van der Waals surface area (Å²) in [5.41, 5.74) is 0.865. The quantitative estimate of drug-likeness (QED) is 0.707. The lowest BCUT2D eigenvalue weighted by atomic mass is 10.00. The van der Waals surface area contributed by atoms with Gasteiger partial charge in [0.05, 0.1) is 25.6 Å². The Balaban J connectivity index is 0.00000240. The Bertz CT molecular complexity index is 765. The molecule has 0 saturated carbocycles. The highest BCUT2D eigenvalue weighted by Gasteiger charge is 2.38. The molecule has 2 fully saturated rings. The first kappa shape index (κ1) is 21.8. The zero-order valence-electron chi connectivity index (χ0n) is 16.1. The molecule has 0 aliphatic carbocycles. The molecule has 2 saturated heterocycles. The zero-order chi connectivity index (χ0) is 19.4. The van der Waals surface area contributed by atoms with Crippen LogP contribution in [0.15, 0.2) is 36.7 Å². The second kappa shape index (κ2) is 9.75. The van der Waals surface area contributed by atoms with Crippen LogP contribution < -0.4 is 4.90 Å². The van der Waals surface area contributed by atoms with E-state index in [1.54, 1.807) is 12.1 Å². The summed E-state index contributed by atoms with van der Waals surface area (Å²) in [6, 6.07) is 6.36. The minimum Gasteiger partial charge on any atom is -0.343 e. The van der Waals surface area contributed by atoms with Crippen molar-refractivity contribution in [3.8, 4) is 0 Å². The van der Waals surface area contributed by atoms with Crippen molar-refractivity contribution in [2.24, 2.45) is 0 Å². The van der Waals surface area contributed by atoms with Crippen molar-refractivity contribution in [1.29, 1.82) is 0 Å². The lowest BCUT2D eigenvalue weighted by molar-refractivity contribution is -0.172. The van der Waals surface area contributed by atoms with Crippen LogP contribution in [-0.4, -0.2) is 60.8 Å². The smallest absolute Gasteiger partial charge is 0.225 e. The maximum absolute atomic E-state index is 13.2. The normalized spacial score (nSPS) is 19.2. The topological polar surface area (TPSA) is 50.7 Å². The fraction of sp³-hybridized carbons (Fsp3) is 0.500. The number of ether oxygens (including phenoxy) is 2. The Morgan fingerprint density at radius 3 is 2.14 bits per heavy atom. The van der Waals surface area contributed by atoms with Crippen molar-refractivity contribution >= 4 is 18.4 Å². The number of halogens is 3. The first-order valence-electron chi connectivity index (χ1n) is 9.63. The minimum atomic E-state index is -0.766. The Morgan fingerprint density at radius 1 is 0.897 bits per heavy atom. The molecule has 1 aromatic heterocycles. The van der Waals surface area contributed by atoms with Crippen molar-refractivity contribution in [1.82, 2.24) is 14.9 Å². The molecule has 0 amide bonds. The van der Waals surface area contributed by atoms with Crippen molar-refractivity contribution in [3.63, 3.8) is 0 Å². The molecular weight excluding hydrogens is 402 g/mol. The third-order valence-corrected chi connectivity index (χ3v) is 5.28. The van der Waals surface area contributed by atoms with Gasteiger partial charge in [0.2, 0.25) is 5.95 Å². The summed E-state index contributed by atoms with van der Waals surface area (Å²) in [5.74, 6) is -0.880. The molecule has 0 spiro atoms. The molecular formula is C20H25ClF2N4O2. The molecule has 2 aliphatic rings. The SMILES string of the molecule is Cl.Fc1ccc(C2(CCCN3CCN(c4ncc(F)cn4)CC3)OCCO2)cc1. The first-order chi connectivity index (χ1) is 13.6. The number of aromatic nitrogens is 2. The van der Waals surface area contributed by atoms with Gasteiger partial charge in [0.25, 0.3) is 0 Å². The third kappa shape index (κ3) is 5.19. The molecule has 1 aromatic carbocycles. The number of nitrogens with zero attached hydrogens (tertiary/aromatic N) is 4. The minimum absolute atomic E-state index is 0. The van der Waals surface area contributed by atoms with Crippen molar-refractivity contribution < 1.29 is 18.3 Å². The maximum atomic E-state index is 13.2. The number of anilines is 1. The van der Waals surface area contributed by atoms with Crippen LogP contribution in [0.2, 0.25) is 0 Å². The Kier molecular flexibility index (Phi) is 7.34. The zero-order valence-corrected chi connectivity index (χ0v) is 16.9. The van der Waals surface area contributed by atoms with Crippen molar-refractivity contribution in [2.45, 2.75) is 18.6 Å². The molecule has 9 heteroatoms. The average molecular weight is 427 g/mol. The summed E-state index contributed by atoms with van der Waals surface area (Å²) in [6.45, 7) is 5.43. The largest absolute Gasteiger partial charge is 0.343 e. The molecule has 0 bridgehead atoms. The maximum Gasteiger partial charge on any atom is 0.225 e. The lowest BCUT2D eigenvalue weighted by Gasteiger charge is -2.35. The van der Waals surface area contributed by atoms with Crippen LogP contribution in [0.25, 0.3) is 0 Å². The van der Waals surface area contributed by atoms with E-state index in [-0.39, 0.29) is 18.2 Å². The van der Waals surface area contributed by atoms with Gasteiger partial charge in [-0.2, -0.15) is 0 Å². The van der Waals surface area contributed by atoms with E-state index in [4.69, 9.17) is 9.47 Å². The molecule has 0 radical (unpaired) electrons. The van der Waals surface area contributed by atoms with E-state index in [9.17, 15) is 8.78 Å². The van der Waals surface area contributed by atoms with Crippen molar-refractivity contribution in [3.05, 3.63) is 53.9 Å². The van der Waals surface area contributed by atoms with Gasteiger partial charge in [0.15, 0.2) is 11.6 Å². The molecule has 2 aromatic rings. The lowest BCUT2D eigenvalue weighted by Crippen LogP contribution is -2.47. The predicted molar refractivity (Wildman–Crippen MR) is 107 cm³/mol. The summed E-state index contributed by atoms with van der Waals surface area (Å²) in [4.78, 5) is 12.6. The van der Waals surface area contributed by atoms with Gasteiger partial charge >= 0.3 is 0 Å². The highest BCUT2D eigenvalue weighted by atomic mass is 35.5. The van der Waals surface area contributed by atoms with Gasteiger partial charge in [-0.1, -0.05) is 12.1 Å². The first-order valence-corrected chi connectivity index (χ1v) is 9.63.